The van der Waals surface area contributed by atoms with Crippen LogP contribution in [0.3, 0.4) is 0 Å². The van der Waals surface area contributed by atoms with E-state index in [0.717, 1.165) is 6.07 Å². The first kappa shape index (κ1) is 16.3. The molecule has 1 aromatic rings. The van der Waals surface area contributed by atoms with Crippen molar-refractivity contribution in [1.82, 2.24) is 10.2 Å². The summed E-state index contributed by atoms with van der Waals surface area (Å²) in [7, 11) is 0. The fourth-order valence-electron chi connectivity index (χ4n) is 2.00. The molecular formula is C12H14BrClF2N2O. The van der Waals surface area contributed by atoms with Crippen LogP contribution in [-0.2, 0) is 0 Å². The molecule has 1 aliphatic rings. The molecule has 1 heterocycles. The molecule has 1 unspecified atom stereocenters. The fraction of sp³-hybridized carbons (Fsp3) is 0.417. The summed E-state index contributed by atoms with van der Waals surface area (Å²) in [4.78, 5) is 13.6. The van der Waals surface area contributed by atoms with Crippen LogP contribution in [-0.4, -0.2) is 36.5 Å². The van der Waals surface area contributed by atoms with E-state index < -0.39 is 23.1 Å². The first-order valence-electron chi connectivity index (χ1n) is 5.67. The number of carbonyl (C=O) groups is 1. The highest BCUT2D eigenvalue weighted by atomic mass is 79.9. The van der Waals surface area contributed by atoms with E-state index in [2.05, 4.69) is 21.2 Å². The van der Waals surface area contributed by atoms with Crippen molar-refractivity contribution in [2.75, 3.05) is 19.6 Å². The molecule has 106 valence electrons. The zero-order valence-corrected chi connectivity index (χ0v) is 12.7. The second-order valence-electron chi connectivity index (χ2n) is 4.32. The number of halogens is 4. The molecule has 2 rings (SSSR count). The van der Waals surface area contributed by atoms with E-state index in [4.69, 9.17) is 0 Å². The monoisotopic (exact) mass is 354 g/mol. The van der Waals surface area contributed by atoms with Crippen molar-refractivity contribution >= 4 is 34.2 Å². The molecule has 0 spiro atoms. The Morgan fingerprint density at radius 1 is 1.47 bits per heavy atom. The Bertz CT molecular complexity index is 487. The summed E-state index contributed by atoms with van der Waals surface area (Å²) < 4.78 is 27.5. The third kappa shape index (κ3) is 3.43. The molecule has 19 heavy (non-hydrogen) atoms. The predicted molar refractivity (Wildman–Crippen MR) is 74.7 cm³/mol. The van der Waals surface area contributed by atoms with Gasteiger partial charge in [-0.15, -0.1) is 12.4 Å². The van der Waals surface area contributed by atoms with E-state index in [1.807, 2.05) is 6.92 Å². The number of hydrogen-bond donors (Lipinski definition) is 1. The Kier molecular flexibility index (Phi) is 5.70. The van der Waals surface area contributed by atoms with Gasteiger partial charge in [-0.1, -0.05) is 0 Å². The van der Waals surface area contributed by atoms with Crippen molar-refractivity contribution in [2.24, 2.45) is 0 Å². The predicted octanol–water partition coefficient (Wildman–Crippen LogP) is 2.58. The van der Waals surface area contributed by atoms with Crippen LogP contribution < -0.4 is 5.32 Å². The van der Waals surface area contributed by atoms with Crippen LogP contribution in [0.25, 0.3) is 0 Å². The molecule has 1 fully saturated rings. The Hall–Kier alpha value is -0.720. The maximum absolute atomic E-state index is 13.8. The minimum absolute atomic E-state index is 0. The number of hydrogen-bond acceptors (Lipinski definition) is 2. The van der Waals surface area contributed by atoms with Crippen LogP contribution in [0.4, 0.5) is 8.78 Å². The van der Waals surface area contributed by atoms with Gasteiger partial charge < -0.3 is 10.2 Å². The number of benzene rings is 1. The molecule has 0 saturated carbocycles. The van der Waals surface area contributed by atoms with Gasteiger partial charge in [0.15, 0.2) is 5.82 Å². The second kappa shape index (κ2) is 6.63. The van der Waals surface area contributed by atoms with Crippen LogP contribution >= 0.6 is 28.3 Å². The molecule has 1 atom stereocenters. The maximum Gasteiger partial charge on any atom is 0.259 e. The van der Waals surface area contributed by atoms with Gasteiger partial charge in [-0.2, -0.15) is 0 Å². The first-order valence-corrected chi connectivity index (χ1v) is 6.46. The van der Waals surface area contributed by atoms with Gasteiger partial charge in [0.1, 0.15) is 11.4 Å². The number of nitrogens with zero attached hydrogens (tertiary/aromatic N) is 1. The van der Waals surface area contributed by atoms with Gasteiger partial charge in [0.25, 0.3) is 5.91 Å². The third-order valence-corrected chi connectivity index (χ3v) is 3.53. The van der Waals surface area contributed by atoms with Gasteiger partial charge in [0, 0.05) is 25.7 Å². The normalized spacial score (nSPS) is 18.9. The highest BCUT2D eigenvalue weighted by Crippen LogP contribution is 2.23. The quantitative estimate of drug-likeness (QED) is 0.785. The minimum Gasteiger partial charge on any atom is -0.336 e. The molecule has 0 aromatic heterocycles. The Labute approximate surface area is 124 Å². The molecule has 0 aliphatic carbocycles. The summed E-state index contributed by atoms with van der Waals surface area (Å²) in [5, 5.41) is 3.17. The summed E-state index contributed by atoms with van der Waals surface area (Å²) in [6.07, 6.45) is 0. The fourth-order valence-corrected chi connectivity index (χ4v) is 2.33. The van der Waals surface area contributed by atoms with E-state index in [-0.39, 0.29) is 22.9 Å². The van der Waals surface area contributed by atoms with Crippen LogP contribution in [0.2, 0.25) is 0 Å². The lowest BCUT2D eigenvalue weighted by atomic mass is 10.1. The molecule has 7 heteroatoms. The van der Waals surface area contributed by atoms with Crippen LogP contribution in [0.5, 0.6) is 0 Å². The number of piperazine rings is 1. The van der Waals surface area contributed by atoms with E-state index in [1.54, 1.807) is 0 Å². The lowest BCUT2D eigenvalue weighted by molar-refractivity contribution is 0.0699. The number of rotatable bonds is 1. The highest BCUT2D eigenvalue weighted by molar-refractivity contribution is 9.10. The maximum atomic E-state index is 13.8. The summed E-state index contributed by atoms with van der Waals surface area (Å²) >= 11 is 2.96. The highest BCUT2D eigenvalue weighted by Gasteiger charge is 2.27. The molecule has 0 radical (unpaired) electrons. The van der Waals surface area contributed by atoms with Crippen LogP contribution in [0.15, 0.2) is 16.6 Å². The summed E-state index contributed by atoms with van der Waals surface area (Å²) in [6.45, 7) is 3.45. The molecule has 1 amide bonds. The largest absolute Gasteiger partial charge is 0.336 e. The zero-order valence-electron chi connectivity index (χ0n) is 10.3. The molecule has 3 nitrogen and oxygen atoms in total. The van der Waals surface area contributed by atoms with Gasteiger partial charge in [-0.05, 0) is 35.0 Å². The second-order valence-corrected chi connectivity index (χ2v) is 5.18. The molecule has 1 aromatic carbocycles. The Morgan fingerprint density at radius 2 is 2.16 bits per heavy atom. The number of nitrogens with one attached hydrogen (secondary N) is 1. The van der Waals surface area contributed by atoms with Gasteiger partial charge in [0.05, 0.1) is 4.47 Å². The SMILES string of the molecule is CC1CN(C(=O)c2c(F)ccc(Br)c2F)CCN1.Cl. The van der Waals surface area contributed by atoms with Crippen molar-refractivity contribution in [2.45, 2.75) is 13.0 Å². The standard InChI is InChI=1S/C12H13BrF2N2O.ClH/c1-7-6-17(5-4-16-7)12(18)10-9(14)3-2-8(13)11(10)15;/h2-3,7,16H,4-6H2,1H3;1H. The average Bonchev–Trinajstić information content (AvgIpc) is 2.34. The zero-order chi connectivity index (χ0) is 13.3. The van der Waals surface area contributed by atoms with Crippen molar-refractivity contribution < 1.29 is 13.6 Å². The Morgan fingerprint density at radius 3 is 2.79 bits per heavy atom. The van der Waals surface area contributed by atoms with E-state index in [1.165, 1.54) is 11.0 Å². The lowest BCUT2D eigenvalue weighted by Gasteiger charge is -2.32. The van der Waals surface area contributed by atoms with Gasteiger partial charge >= 0.3 is 0 Å². The van der Waals surface area contributed by atoms with Gasteiger partial charge in [0.2, 0.25) is 0 Å². The molecule has 0 bridgehead atoms. The molecular weight excluding hydrogens is 341 g/mol. The van der Waals surface area contributed by atoms with E-state index >= 15 is 0 Å². The van der Waals surface area contributed by atoms with Crippen LogP contribution in [0, 0.1) is 11.6 Å². The van der Waals surface area contributed by atoms with Gasteiger partial charge in [-0.25, -0.2) is 8.78 Å². The van der Waals surface area contributed by atoms with Crippen LogP contribution in [0.1, 0.15) is 17.3 Å². The summed E-state index contributed by atoms with van der Waals surface area (Å²) in [5.74, 6) is -2.27. The van der Waals surface area contributed by atoms with Crippen molar-refractivity contribution in [3.63, 3.8) is 0 Å². The average molecular weight is 356 g/mol. The Balaban J connectivity index is 0.00000180. The van der Waals surface area contributed by atoms with Crippen molar-refractivity contribution in [3.05, 3.63) is 33.8 Å². The minimum atomic E-state index is -0.841. The summed E-state index contributed by atoms with van der Waals surface area (Å²) in [6, 6.07) is 2.47. The molecule has 1 saturated heterocycles. The van der Waals surface area contributed by atoms with E-state index in [9.17, 15) is 13.6 Å². The smallest absolute Gasteiger partial charge is 0.259 e. The molecule has 1 N–H and O–H groups in total. The van der Waals surface area contributed by atoms with Gasteiger partial charge in [-0.3, -0.25) is 4.79 Å². The van der Waals surface area contributed by atoms with Crippen molar-refractivity contribution in [3.8, 4) is 0 Å². The number of amides is 1. The topological polar surface area (TPSA) is 32.3 Å². The van der Waals surface area contributed by atoms with E-state index in [0.29, 0.717) is 19.6 Å². The van der Waals surface area contributed by atoms with Crippen molar-refractivity contribution in [1.29, 1.82) is 0 Å². The number of carbonyl (C=O) groups excluding carboxylic acids is 1. The third-order valence-electron chi connectivity index (χ3n) is 2.91. The lowest BCUT2D eigenvalue weighted by Crippen LogP contribution is -2.51. The summed E-state index contributed by atoms with van der Waals surface area (Å²) in [5.41, 5.74) is -0.488. The molecule has 1 aliphatic heterocycles. The first-order chi connectivity index (χ1) is 8.50.